The van der Waals surface area contributed by atoms with Gasteiger partial charge < -0.3 is 18.8 Å². The summed E-state index contributed by atoms with van der Waals surface area (Å²) in [5.41, 5.74) is 3.55. The number of carboxylic acid groups (broad SMARTS) is 1. The van der Waals surface area contributed by atoms with Gasteiger partial charge in [0.1, 0.15) is 5.76 Å². The van der Waals surface area contributed by atoms with E-state index in [0.29, 0.717) is 18.0 Å². The minimum absolute atomic E-state index is 0.157. The molecule has 0 atom stereocenters. The van der Waals surface area contributed by atoms with Gasteiger partial charge >= 0.3 is 11.9 Å². The van der Waals surface area contributed by atoms with E-state index in [1.165, 1.54) is 7.11 Å². The summed E-state index contributed by atoms with van der Waals surface area (Å²) >= 11 is 0. The second-order valence-electron chi connectivity index (χ2n) is 7.05. The Hall–Kier alpha value is -4.13. The van der Waals surface area contributed by atoms with Crippen molar-refractivity contribution in [1.82, 2.24) is 4.57 Å². The number of carbonyl (C=O) groups excluding carboxylic acids is 1. The maximum absolute atomic E-state index is 11.6. The number of furan rings is 1. The highest BCUT2D eigenvalue weighted by molar-refractivity contribution is 6.00. The maximum Gasteiger partial charge on any atom is 0.373 e. The van der Waals surface area contributed by atoms with Crippen molar-refractivity contribution in [3.8, 4) is 0 Å². The van der Waals surface area contributed by atoms with Crippen LogP contribution in [0, 0.1) is 6.92 Å². The first-order chi connectivity index (χ1) is 15.0. The van der Waals surface area contributed by atoms with Crippen molar-refractivity contribution in [2.75, 3.05) is 7.11 Å². The van der Waals surface area contributed by atoms with Crippen LogP contribution in [0.15, 0.2) is 70.2 Å². The summed E-state index contributed by atoms with van der Waals surface area (Å²) in [6.45, 7) is 2.32. The molecule has 156 valence electrons. The lowest BCUT2D eigenvalue weighted by molar-refractivity contribution is 0.0562. The fraction of sp³-hybridized carbons (Fsp3) is 0.125. The molecule has 0 aliphatic rings. The molecule has 2 aromatic carbocycles. The van der Waals surface area contributed by atoms with Gasteiger partial charge in [0.25, 0.3) is 0 Å². The van der Waals surface area contributed by atoms with E-state index in [4.69, 9.17) is 4.42 Å². The van der Waals surface area contributed by atoms with Crippen molar-refractivity contribution in [2.45, 2.75) is 13.5 Å². The van der Waals surface area contributed by atoms with Gasteiger partial charge in [0.2, 0.25) is 5.76 Å². The fourth-order valence-electron chi connectivity index (χ4n) is 3.37. The molecular weight excluding hydrogens is 396 g/mol. The second kappa shape index (κ2) is 8.31. The molecule has 4 rings (SSSR count). The molecule has 31 heavy (non-hydrogen) atoms. The standard InChI is InChI=1S/C24H20N2O5/c1-15-7-8-16(23(27)28)11-20(15)25-12-17-13-26(21-6-4-3-5-19(17)21)14-18-9-10-22(31-18)24(29)30-2/h3-13H,14H2,1-2H3,(H,27,28). The zero-order valence-corrected chi connectivity index (χ0v) is 17.0. The molecule has 0 aliphatic carbocycles. The number of aryl methyl sites for hydroxylation is 1. The number of esters is 1. The molecule has 0 aliphatic heterocycles. The van der Waals surface area contributed by atoms with E-state index in [0.717, 1.165) is 22.0 Å². The quantitative estimate of drug-likeness (QED) is 0.359. The minimum atomic E-state index is -0.988. The van der Waals surface area contributed by atoms with Crippen LogP contribution >= 0.6 is 0 Å². The van der Waals surface area contributed by atoms with Gasteiger partial charge in [0.05, 0.1) is 24.9 Å². The molecule has 7 nitrogen and oxygen atoms in total. The summed E-state index contributed by atoms with van der Waals surface area (Å²) in [4.78, 5) is 27.4. The molecule has 0 saturated carbocycles. The van der Waals surface area contributed by atoms with Gasteiger partial charge in [-0.05, 0) is 42.8 Å². The topological polar surface area (TPSA) is 94.0 Å². The van der Waals surface area contributed by atoms with E-state index in [-0.39, 0.29) is 11.3 Å². The monoisotopic (exact) mass is 416 g/mol. The zero-order chi connectivity index (χ0) is 22.0. The third kappa shape index (κ3) is 4.11. The predicted molar refractivity (Wildman–Crippen MR) is 116 cm³/mol. The normalized spacial score (nSPS) is 11.3. The predicted octanol–water partition coefficient (Wildman–Crippen LogP) is 4.83. The van der Waals surface area contributed by atoms with E-state index in [1.54, 1.807) is 36.5 Å². The highest BCUT2D eigenvalue weighted by atomic mass is 16.5. The number of methoxy groups -OCH3 is 1. The number of hydrogen-bond donors (Lipinski definition) is 1. The van der Waals surface area contributed by atoms with Crippen LogP contribution in [-0.2, 0) is 11.3 Å². The van der Waals surface area contributed by atoms with E-state index < -0.39 is 11.9 Å². The van der Waals surface area contributed by atoms with Gasteiger partial charge in [-0.1, -0.05) is 24.3 Å². The van der Waals surface area contributed by atoms with Crippen molar-refractivity contribution in [3.05, 3.63) is 89.0 Å². The van der Waals surface area contributed by atoms with E-state index in [2.05, 4.69) is 9.73 Å². The summed E-state index contributed by atoms with van der Waals surface area (Å²) in [7, 11) is 1.31. The van der Waals surface area contributed by atoms with Crippen LogP contribution in [0.4, 0.5) is 5.69 Å². The van der Waals surface area contributed by atoms with Gasteiger partial charge in [-0.25, -0.2) is 9.59 Å². The SMILES string of the molecule is COC(=O)c1ccc(Cn2cc(C=Nc3cc(C(=O)O)ccc3C)c3ccccc32)o1. The minimum Gasteiger partial charge on any atom is -0.478 e. The van der Waals surface area contributed by atoms with Crippen LogP contribution in [0.3, 0.4) is 0 Å². The number of ether oxygens (including phenoxy) is 1. The first-order valence-electron chi connectivity index (χ1n) is 9.59. The number of carbonyl (C=O) groups is 2. The molecule has 4 aromatic rings. The van der Waals surface area contributed by atoms with Gasteiger partial charge in [-0.2, -0.15) is 0 Å². The number of nitrogens with zero attached hydrogens (tertiary/aromatic N) is 2. The molecule has 0 spiro atoms. The van der Waals surface area contributed by atoms with E-state index in [9.17, 15) is 14.7 Å². The summed E-state index contributed by atoms with van der Waals surface area (Å²) in [6, 6.07) is 16.1. The van der Waals surface area contributed by atoms with Crippen LogP contribution < -0.4 is 0 Å². The van der Waals surface area contributed by atoms with Crippen molar-refractivity contribution in [2.24, 2.45) is 4.99 Å². The Balaban J connectivity index is 1.68. The fourth-order valence-corrected chi connectivity index (χ4v) is 3.37. The number of rotatable bonds is 6. The van der Waals surface area contributed by atoms with Crippen LogP contribution in [0.2, 0.25) is 0 Å². The number of para-hydroxylation sites is 1. The van der Waals surface area contributed by atoms with E-state index in [1.807, 2.05) is 42.0 Å². The Bertz CT molecular complexity index is 1310. The number of benzene rings is 2. The number of aliphatic imine (C=N–C) groups is 1. The van der Waals surface area contributed by atoms with Crippen molar-refractivity contribution in [1.29, 1.82) is 0 Å². The van der Waals surface area contributed by atoms with Crippen LogP contribution in [0.25, 0.3) is 10.9 Å². The first kappa shape index (κ1) is 20.2. The Kier molecular flexibility index (Phi) is 5.41. The molecular formula is C24H20N2O5. The summed E-state index contributed by atoms with van der Waals surface area (Å²) in [5, 5.41) is 10.2. The summed E-state index contributed by atoms with van der Waals surface area (Å²) in [5.74, 6) is -0.729. The van der Waals surface area contributed by atoms with Crippen molar-refractivity contribution in [3.63, 3.8) is 0 Å². The summed E-state index contributed by atoms with van der Waals surface area (Å²) in [6.07, 6.45) is 3.68. The maximum atomic E-state index is 11.6. The number of hydrogen-bond acceptors (Lipinski definition) is 5. The highest BCUT2D eigenvalue weighted by Gasteiger charge is 2.13. The largest absolute Gasteiger partial charge is 0.478 e. The van der Waals surface area contributed by atoms with Crippen molar-refractivity contribution < 1.29 is 23.8 Å². The molecule has 0 fully saturated rings. The van der Waals surface area contributed by atoms with Crippen molar-refractivity contribution >= 4 is 34.7 Å². The first-order valence-corrected chi connectivity index (χ1v) is 9.59. The molecule has 2 aromatic heterocycles. The lowest BCUT2D eigenvalue weighted by Gasteiger charge is -2.02. The van der Waals surface area contributed by atoms with Gasteiger partial charge in [-0.15, -0.1) is 0 Å². The third-order valence-corrected chi connectivity index (χ3v) is 4.99. The number of aromatic nitrogens is 1. The lowest BCUT2D eigenvalue weighted by atomic mass is 10.1. The molecule has 0 amide bonds. The lowest BCUT2D eigenvalue weighted by Crippen LogP contribution is -1.99. The highest BCUT2D eigenvalue weighted by Crippen LogP contribution is 2.24. The van der Waals surface area contributed by atoms with Crippen LogP contribution in [0.1, 0.15) is 37.8 Å². The molecule has 1 N–H and O–H groups in total. The molecule has 0 unspecified atom stereocenters. The molecule has 0 bridgehead atoms. The van der Waals surface area contributed by atoms with Gasteiger partial charge in [0.15, 0.2) is 0 Å². The average Bonchev–Trinajstić information content (AvgIpc) is 3.38. The molecule has 0 saturated heterocycles. The molecule has 2 heterocycles. The number of fused-ring (bicyclic) bond motifs is 1. The number of aromatic carboxylic acids is 1. The molecule has 7 heteroatoms. The molecule has 0 radical (unpaired) electrons. The Morgan fingerprint density at radius 3 is 2.74 bits per heavy atom. The van der Waals surface area contributed by atoms with Gasteiger partial charge in [-0.3, -0.25) is 4.99 Å². The Labute approximate surface area is 178 Å². The zero-order valence-electron chi connectivity index (χ0n) is 17.0. The third-order valence-electron chi connectivity index (χ3n) is 4.99. The number of carboxylic acids is 1. The van der Waals surface area contributed by atoms with Crippen LogP contribution in [0.5, 0.6) is 0 Å². The van der Waals surface area contributed by atoms with Crippen LogP contribution in [-0.4, -0.2) is 34.9 Å². The smallest absolute Gasteiger partial charge is 0.373 e. The summed E-state index contributed by atoms with van der Waals surface area (Å²) < 4.78 is 12.3. The Morgan fingerprint density at radius 2 is 1.97 bits per heavy atom. The Morgan fingerprint density at radius 1 is 1.16 bits per heavy atom. The van der Waals surface area contributed by atoms with Gasteiger partial charge in [0, 0.05) is 28.9 Å². The second-order valence-corrected chi connectivity index (χ2v) is 7.05. The average molecular weight is 416 g/mol. The van der Waals surface area contributed by atoms with E-state index >= 15 is 0 Å².